The molecular formula is C25H24N6O3. The number of anilines is 4. The maximum Gasteiger partial charge on any atom is 0.247 e. The SMILES string of the molecule is C=CC(=O)Nc1cccc(Oc2cccc3nc(Nc4ccc(N5CCOCC5)cc4)nn23)c1. The molecule has 1 amide bonds. The predicted octanol–water partition coefficient (Wildman–Crippen LogP) is 4.23. The lowest BCUT2D eigenvalue weighted by molar-refractivity contribution is -0.111. The number of aromatic nitrogens is 3. The number of fused-ring (bicyclic) bond motifs is 1. The number of carbonyl (C=O) groups is 1. The number of morpholine rings is 1. The summed E-state index contributed by atoms with van der Waals surface area (Å²) in [5.41, 5.74) is 3.30. The Morgan fingerprint density at radius 2 is 1.82 bits per heavy atom. The zero-order valence-electron chi connectivity index (χ0n) is 18.5. The molecule has 1 aliphatic rings. The van der Waals surface area contributed by atoms with Crippen LogP contribution in [-0.4, -0.2) is 46.8 Å². The van der Waals surface area contributed by atoms with Crippen molar-refractivity contribution in [3.63, 3.8) is 0 Å². The Balaban J connectivity index is 1.32. The number of nitrogens with one attached hydrogen (secondary N) is 2. The maximum atomic E-state index is 11.6. The number of amides is 1. The van der Waals surface area contributed by atoms with Crippen molar-refractivity contribution in [1.82, 2.24) is 14.6 Å². The molecule has 172 valence electrons. The van der Waals surface area contributed by atoms with Crippen molar-refractivity contribution in [3.05, 3.63) is 79.4 Å². The number of rotatable bonds is 7. The average molecular weight is 457 g/mol. The number of benzene rings is 2. The van der Waals surface area contributed by atoms with E-state index < -0.39 is 0 Å². The Kier molecular flexibility index (Phi) is 6.09. The fourth-order valence-electron chi connectivity index (χ4n) is 3.67. The molecule has 2 N–H and O–H groups in total. The minimum Gasteiger partial charge on any atom is -0.439 e. The minimum absolute atomic E-state index is 0.288. The molecule has 0 unspecified atom stereocenters. The molecule has 5 rings (SSSR count). The molecule has 34 heavy (non-hydrogen) atoms. The first-order valence-electron chi connectivity index (χ1n) is 10.9. The van der Waals surface area contributed by atoms with Crippen LogP contribution in [0.1, 0.15) is 0 Å². The van der Waals surface area contributed by atoms with Crippen molar-refractivity contribution >= 4 is 34.6 Å². The van der Waals surface area contributed by atoms with Crippen LogP contribution in [0.4, 0.5) is 23.0 Å². The van der Waals surface area contributed by atoms with E-state index in [0.29, 0.717) is 28.9 Å². The highest BCUT2D eigenvalue weighted by Crippen LogP contribution is 2.26. The maximum absolute atomic E-state index is 11.6. The van der Waals surface area contributed by atoms with Crippen LogP contribution in [-0.2, 0) is 9.53 Å². The third kappa shape index (κ3) is 4.84. The molecule has 9 heteroatoms. The van der Waals surface area contributed by atoms with Crippen LogP contribution in [0, 0.1) is 0 Å². The normalized spacial score (nSPS) is 13.5. The second kappa shape index (κ2) is 9.63. The Morgan fingerprint density at radius 3 is 2.62 bits per heavy atom. The van der Waals surface area contributed by atoms with Gasteiger partial charge in [0.2, 0.25) is 17.7 Å². The topological polar surface area (TPSA) is 93.0 Å². The smallest absolute Gasteiger partial charge is 0.247 e. The average Bonchev–Trinajstić information content (AvgIpc) is 3.29. The zero-order valence-corrected chi connectivity index (χ0v) is 18.5. The molecule has 0 radical (unpaired) electrons. The van der Waals surface area contributed by atoms with Crippen LogP contribution < -0.4 is 20.3 Å². The summed E-state index contributed by atoms with van der Waals surface area (Å²) in [5.74, 6) is 1.22. The molecule has 2 aromatic heterocycles. The monoisotopic (exact) mass is 456 g/mol. The fourth-order valence-corrected chi connectivity index (χ4v) is 3.67. The van der Waals surface area contributed by atoms with E-state index in [0.717, 1.165) is 32.0 Å². The molecule has 0 saturated carbocycles. The number of nitrogens with zero attached hydrogens (tertiary/aromatic N) is 4. The lowest BCUT2D eigenvalue weighted by Gasteiger charge is -2.28. The fraction of sp³-hybridized carbons (Fsp3) is 0.160. The first-order chi connectivity index (χ1) is 16.7. The molecule has 0 aliphatic carbocycles. The van der Waals surface area contributed by atoms with Gasteiger partial charge >= 0.3 is 0 Å². The Morgan fingerprint density at radius 1 is 1.03 bits per heavy atom. The number of pyridine rings is 1. The summed E-state index contributed by atoms with van der Waals surface area (Å²) < 4.78 is 13.1. The first-order valence-corrected chi connectivity index (χ1v) is 10.9. The third-order valence-electron chi connectivity index (χ3n) is 5.33. The van der Waals surface area contributed by atoms with E-state index in [4.69, 9.17) is 9.47 Å². The van der Waals surface area contributed by atoms with Crippen molar-refractivity contribution in [1.29, 1.82) is 0 Å². The largest absolute Gasteiger partial charge is 0.439 e. The highest BCUT2D eigenvalue weighted by Gasteiger charge is 2.12. The van der Waals surface area contributed by atoms with E-state index in [1.807, 2.05) is 24.3 Å². The van der Waals surface area contributed by atoms with Crippen molar-refractivity contribution < 1.29 is 14.3 Å². The standard InChI is InChI=1S/C25H24N6O3/c1-2-23(32)26-19-5-3-6-21(17-19)34-24-8-4-7-22-28-25(29-31(22)24)27-18-9-11-20(12-10-18)30-13-15-33-16-14-30/h2-12,17H,1,13-16H2,(H,26,32)(H,27,29). The lowest BCUT2D eigenvalue weighted by atomic mass is 10.2. The number of carbonyl (C=O) groups excluding carboxylic acids is 1. The summed E-state index contributed by atoms with van der Waals surface area (Å²) in [5, 5.41) is 10.5. The number of hydrogen-bond acceptors (Lipinski definition) is 7. The molecule has 3 heterocycles. The van der Waals surface area contributed by atoms with Gasteiger partial charge in [0.25, 0.3) is 0 Å². The van der Waals surface area contributed by atoms with Crippen molar-refractivity contribution in [2.75, 3.05) is 41.8 Å². The van der Waals surface area contributed by atoms with E-state index in [1.165, 1.54) is 11.8 Å². The molecule has 4 aromatic rings. The van der Waals surface area contributed by atoms with Gasteiger partial charge in [0.1, 0.15) is 5.75 Å². The van der Waals surface area contributed by atoms with Gasteiger partial charge in [-0.1, -0.05) is 18.7 Å². The second-order valence-electron chi connectivity index (χ2n) is 7.66. The summed E-state index contributed by atoms with van der Waals surface area (Å²) in [6.45, 7) is 6.76. The molecule has 0 bridgehead atoms. The van der Waals surface area contributed by atoms with E-state index in [1.54, 1.807) is 34.8 Å². The molecule has 0 atom stereocenters. The Bertz CT molecular complexity index is 1310. The highest BCUT2D eigenvalue weighted by molar-refractivity contribution is 5.98. The number of hydrogen-bond donors (Lipinski definition) is 2. The summed E-state index contributed by atoms with van der Waals surface area (Å²) in [7, 11) is 0. The van der Waals surface area contributed by atoms with Crippen molar-refractivity contribution in [2.45, 2.75) is 0 Å². The van der Waals surface area contributed by atoms with Crippen molar-refractivity contribution in [2.24, 2.45) is 0 Å². The van der Waals surface area contributed by atoms with E-state index >= 15 is 0 Å². The van der Waals surface area contributed by atoms with Gasteiger partial charge in [0, 0.05) is 42.3 Å². The molecule has 1 fully saturated rings. The Labute approximate surface area is 196 Å². The summed E-state index contributed by atoms with van der Waals surface area (Å²) >= 11 is 0. The molecule has 0 spiro atoms. The molecule has 1 saturated heterocycles. The summed E-state index contributed by atoms with van der Waals surface area (Å²) in [4.78, 5) is 18.4. The van der Waals surface area contributed by atoms with Gasteiger partial charge in [-0.15, -0.1) is 5.10 Å². The quantitative estimate of drug-likeness (QED) is 0.402. The lowest BCUT2D eigenvalue weighted by Crippen LogP contribution is -2.36. The highest BCUT2D eigenvalue weighted by atomic mass is 16.5. The Hall–Kier alpha value is -4.37. The van der Waals surface area contributed by atoms with Gasteiger partial charge in [0.05, 0.1) is 13.2 Å². The predicted molar refractivity (Wildman–Crippen MR) is 131 cm³/mol. The molecule has 9 nitrogen and oxygen atoms in total. The van der Waals surface area contributed by atoms with Crippen molar-refractivity contribution in [3.8, 4) is 11.6 Å². The molecule has 1 aliphatic heterocycles. The van der Waals surface area contributed by atoms with Crippen LogP contribution in [0.15, 0.2) is 79.4 Å². The van der Waals surface area contributed by atoms with Crippen LogP contribution in [0.3, 0.4) is 0 Å². The van der Waals surface area contributed by atoms with Crippen LogP contribution in [0.2, 0.25) is 0 Å². The summed E-state index contributed by atoms with van der Waals surface area (Å²) in [6, 6.07) is 20.8. The van der Waals surface area contributed by atoms with Crippen LogP contribution in [0.25, 0.3) is 5.65 Å². The van der Waals surface area contributed by atoms with Gasteiger partial charge in [-0.25, -0.2) is 0 Å². The van der Waals surface area contributed by atoms with Crippen LogP contribution in [0.5, 0.6) is 11.6 Å². The van der Waals surface area contributed by atoms with Gasteiger partial charge in [-0.05, 0) is 48.5 Å². The van der Waals surface area contributed by atoms with Gasteiger partial charge in [-0.2, -0.15) is 9.50 Å². The molecular weight excluding hydrogens is 432 g/mol. The summed E-state index contributed by atoms with van der Waals surface area (Å²) in [6.07, 6.45) is 1.22. The van der Waals surface area contributed by atoms with E-state index in [-0.39, 0.29) is 5.91 Å². The number of ether oxygens (including phenoxy) is 2. The minimum atomic E-state index is -0.288. The van der Waals surface area contributed by atoms with E-state index in [9.17, 15) is 4.79 Å². The van der Waals surface area contributed by atoms with Gasteiger partial charge < -0.3 is 25.0 Å². The first kappa shape index (κ1) is 21.5. The zero-order chi connectivity index (χ0) is 23.3. The van der Waals surface area contributed by atoms with Gasteiger partial charge in [-0.3, -0.25) is 4.79 Å². The third-order valence-corrected chi connectivity index (χ3v) is 5.33. The van der Waals surface area contributed by atoms with E-state index in [2.05, 4.69) is 44.3 Å². The second-order valence-corrected chi connectivity index (χ2v) is 7.66. The molecule has 2 aromatic carbocycles. The van der Waals surface area contributed by atoms with Crippen LogP contribution >= 0.6 is 0 Å². The van der Waals surface area contributed by atoms with Gasteiger partial charge in [0.15, 0.2) is 5.65 Å².